The first kappa shape index (κ1) is 18.4. The molecule has 0 unspecified atom stereocenters. The number of aryl methyl sites for hydroxylation is 1. The molecule has 28 heavy (non-hydrogen) atoms. The average molecular weight is 392 g/mol. The number of nitrogens with one attached hydrogen (secondary N) is 1. The van der Waals surface area contributed by atoms with Crippen molar-refractivity contribution < 1.29 is 9.18 Å². The van der Waals surface area contributed by atoms with E-state index in [1.807, 2.05) is 24.3 Å². The van der Waals surface area contributed by atoms with Gasteiger partial charge in [0.2, 0.25) is 0 Å². The first-order valence-corrected chi connectivity index (χ1v) is 10.0. The molecule has 3 nitrogen and oxygen atoms in total. The van der Waals surface area contributed by atoms with Crippen LogP contribution in [0.15, 0.2) is 66.7 Å². The molecular formula is C23H21FN2OS. The molecule has 142 valence electrons. The Hall–Kier alpha value is -2.92. The van der Waals surface area contributed by atoms with Crippen LogP contribution in [-0.4, -0.2) is 10.5 Å². The molecule has 0 saturated carbocycles. The maximum atomic E-state index is 13.9. The lowest BCUT2D eigenvalue weighted by Crippen LogP contribution is -2.27. The zero-order chi connectivity index (χ0) is 19.7. The lowest BCUT2D eigenvalue weighted by atomic mass is 10.1. The van der Waals surface area contributed by atoms with Gasteiger partial charge in [-0.3, -0.25) is 4.79 Å². The number of fused-ring (bicyclic) bond motifs is 1. The molecule has 0 radical (unpaired) electrons. The lowest BCUT2D eigenvalue weighted by Gasteiger charge is -2.19. The molecule has 1 atom stereocenters. The number of nitrogens with zero attached hydrogens (tertiary/aromatic N) is 1. The van der Waals surface area contributed by atoms with E-state index in [1.165, 1.54) is 10.9 Å². The number of hydrogen-bond donors (Lipinski definition) is 1. The second-order valence-corrected chi connectivity index (χ2v) is 8.15. The van der Waals surface area contributed by atoms with Gasteiger partial charge < -0.3 is 9.88 Å². The van der Waals surface area contributed by atoms with E-state index in [-0.39, 0.29) is 24.3 Å². The van der Waals surface area contributed by atoms with Crippen LogP contribution in [0.1, 0.15) is 39.5 Å². The summed E-state index contributed by atoms with van der Waals surface area (Å²) in [6.07, 6.45) is 0. The summed E-state index contributed by atoms with van der Waals surface area (Å²) in [5.74, 6) is -0.514. The molecule has 2 heterocycles. The molecule has 0 aliphatic heterocycles. The van der Waals surface area contributed by atoms with Crippen molar-refractivity contribution in [1.82, 2.24) is 9.88 Å². The molecule has 0 saturated heterocycles. The fourth-order valence-corrected chi connectivity index (χ4v) is 4.46. The van der Waals surface area contributed by atoms with Gasteiger partial charge in [0.1, 0.15) is 11.5 Å². The highest BCUT2D eigenvalue weighted by atomic mass is 32.1. The second-order valence-electron chi connectivity index (χ2n) is 6.87. The lowest BCUT2D eigenvalue weighted by molar-refractivity contribution is 0.0941. The molecule has 0 bridgehead atoms. The van der Waals surface area contributed by atoms with Gasteiger partial charge in [-0.05, 0) is 37.6 Å². The summed E-state index contributed by atoms with van der Waals surface area (Å²) in [5.41, 5.74) is 3.25. The van der Waals surface area contributed by atoms with Gasteiger partial charge in [-0.15, -0.1) is 11.3 Å². The molecule has 5 heteroatoms. The highest BCUT2D eigenvalue weighted by Crippen LogP contribution is 2.33. The number of amides is 1. The number of halogens is 1. The Kier molecular flexibility index (Phi) is 5.01. The van der Waals surface area contributed by atoms with E-state index >= 15 is 0 Å². The highest BCUT2D eigenvalue weighted by Gasteiger charge is 2.22. The summed E-state index contributed by atoms with van der Waals surface area (Å²) in [6, 6.07) is 20.7. The number of rotatable bonds is 5. The Bertz CT molecular complexity index is 1130. The van der Waals surface area contributed by atoms with Gasteiger partial charge in [-0.1, -0.05) is 48.5 Å². The fraction of sp³-hybridized carbons (Fsp3) is 0.174. The molecule has 1 N–H and O–H groups in total. The summed E-state index contributed by atoms with van der Waals surface area (Å²) < 4.78 is 17.0. The number of hydrogen-bond acceptors (Lipinski definition) is 2. The van der Waals surface area contributed by atoms with Gasteiger partial charge in [0, 0.05) is 17.0 Å². The molecule has 4 aromatic rings. The van der Waals surface area contributed by atoms with Crippen molar-refractivity contribution in [2.45, 2.75) is 26.4 Å². The quantitative estimate of drug-likeness (QED) is 0.465. The van der Waals surface area contributed by atoms with Crippen LogP contribution in [0.2, 0.25) is 0 Å². The van der Waals surface area contributed by atoms with Gasteiger partial charge >= 0.3 is 0 Å². The van der Waals surface area contributed by atoms with E-state index in [2.05, 4.69) is 41.9 Å². The molecule has 2 aromatic heterocycles. The standard InChI is InChI=1S/C23H21FN2OS/c1-15-12-20-22(28-15)13-21(26(20)16(2)17-8-4-3-5-9-17)23(27)25-14-18-10-6-7-11-19(18)24/h3-13,16H,14H2,1-2H3,(H,25,27)/t16-/m1/s1. The SMILES string of the molecule is Cc1cc2c(cc(C(=O)NCc3ccccc3F)n2[C@H](C)c2ccccc2)s1. The van der Waals surface area contributed by atoms with Crippen molar-refractivity contribution in [2.24, 2.45) is 0 Å². The molecule has 0 spiro atoms. The van der Waals surface area contributed by atoms with Crippen LogP contribution in [-0.2, 0) is 6.54 Å². The monoisotopic (exact) mass is 392 g/mol. The predicted octanol–water partition coefficient (Wildman–Crippen LogP) is 5.69. The van der Waals surface area contributed by atoms with Crippen molar-refractivity contribution >= 4 is 27.5 Å². The van der Waals surface area contributed by atoms with Crippen LogP contribution in [0.3, 0.4) is 0 Å². The van der Waals surface area contributed by atoms with Crippen LogP contribution in [0.5, 0.6) is 0 Å². The molecule has 4 rings (SSSR count). The smallest absolute Gasteiger partial charge is 0.268 e. The minimum Gasteiger partial charge on any atom is -0.347 e. The van der Waals surface area contributed by atoms with E-state index in [9.17, 15) is 9.18 Å². The zero-order valence-electron chi connectivity index (χ0n) is 15.8. The Balaban J connectivity index is 1.69. The summed E-state index contributed by atoms with van der Waals surface area (Å²) >= 11 is 1.67. The van der Waals surface area contributed by atoms with E-state index < -0.39 is 0 Å². The largest absolute Gasteiger partial charge is 0.347 e. The molecular weight excluding hydrogens is 371 g/mol. The maximum absolute atomic E-state index is 13.9. The minimum atomic E-state index is -0.313. The Labute approximate surface area is 167 Å². The van der Waals surface area contributed by atoms with Crippen molar-refractivity contribution in [2.75, 3.05) is 0 Å². The van der Waals surface area contributed by atoms with Crippen molar-refractivity contribution in [3.05, 3.63) is 94.2 Å². The maximum Gasteiger partial charge on any atom is 0.268 e. The van der Waals surface area contributed by atoms with Crippen LogP contribution >= 0.6 is 11.3 Å². The first-order chi connectivity index (χ1) is 13.5. The van der Waals surface area contributed by atoms with Gasteiger partial charge in [0.25, 0.3) is 5.91 Å². The van der Waals surface area contributed by atoms with Gasteiger partial charge in [-0.2, -0.15) is 0 Å². The topological polar surface area (TPSA) is 34.0 Å². The minimum absolute atomic E-state index is 0.00177. The van der Waals surface area contributed by atoms with Crippen LogP contribution in [0.4, 0.5) is 4.39 Å². The van der Waals surface area contributed by atoms with Gasteiger partial charge in [-0.25, -0.2) is 4.39 Å². The predicted molar refractivity (Wildman–Crippen MR) is 112 cm³/mol. The van der Waals surface area contributed by atoms with Crippen LogP contribution < -0.4 is 5.32 Å². The summed E-state index contributed by atoms with van der Waals surface area (Å²) in [5, 5.41) is 2.87. The summed E-state index contributed by atoms with van der Waals surface area (Å²) in [7, 11) is 0. The Morgan fingerprint density at radius 2 is 1.82 bits per heavy atom. The van der Waals surface area contributed by atoms with Crippen LogP contribution in [0.25, 0.3) is 10.2 Å². The summed E-state index contributed by atoms with van der Waals surface area (Å²) in [6.45, 7) is 4.32. The van der Waals surface area contributed by atoms with Crippen LogP contribution in [0, 0.1) is 12.7 Å². The second kappa shape index (κ2) is 7.60. The number of benzene rings is 2. The molecule has 2 aromatic carbocycles. The van der Waals surface area contributed by atoms with Crippen molar-refractivity contribution in [3.8, 4) is 0 Å². The molecule has 0 aliphatic carbocycles. The van der Waals surface area contributed by atoms with E-state index in [4.69, 9.17) is 0 Å². The number of aromatic nitrogens is 1. The van der Waals surface area contributed by atoms with Crippen molar-refractivity contribution in [3.63, 3.8) is 0 Å². The molecule has 1 amide bonds. The summed E-state index contributed by atoms with van der Waals surface area (Å²) in [4.78, 5) is 14.2. The first-order valence-electron chi connectivity index (χ1n) is 9.22. The third-order valence-corrected chi connectivity index (χ3v) is 5.94. The van der Waals surface area contributed by atoms with E-state index in [0.29, 0.717) is 11.3 Å². The Morgan fingerprint density at radius 1 is 1.11 bits per heavy atom. The Morgan fingerprint density at radius 3 is 2.57 bits per heavy atom. The average Bonchev–Trinajstić information content (AvgIpc) is 3.23. The van der Waals surface area contributed by atoms with E-state index in [0.717, 1.165) is 15.8 Å². The highest BCUT2D eigenvalue weighted by molar-refractivity contribution is 7.19. The fourth-order valence-electron chi connectivity index (χ4n) is 3.51. The third kappa shape index (κ3) is 3.45. The van der Waals surface area contributed by atoms with Gasteiger partial charge in [0.15, 0.2) is 0 Å². The van der Waals surface area contributed by atoms with E-state index in [1.54, 1.807) is 29.5 Å². The number of carbonyl (C=O) groups excluding carboxylic acids is 1. The zero-order valence-corrected chi connectivity index (χ0v) is 16.6. The number of thiophene rings is 1. The number of carbonyl (C=O) groups is 1. The normalized spacial score (nSPS) is 12.2. The van der Waals surface area contributed by atoms with Crippen molar-refractivity contribution in [1.29, 1.82) is 0 Å². The molecule has 0 fully saturated rings. The third-order valence-electron chi connectivity index (χ3n) is 4.95. The van der Waals surface area contributed by atoms with Gasteiger partial charge in [0.05, 0.1) is 16.3 Å². The molecule has 0 aliphatic rings.